The number of ether oxygens (including phenoxy) is 2. The second kappa shape index (κ2) is 10.7. The molecule has 9 heteroatoms. The molecule has 0 spiro atoms. The molecular weight excluding hydrogens is 468 g/mol. The third-order valence-corrected chi connectivity index (χ3v) is 6.54. The Balaban J connectivity index is 1.43. The Morgan fingerprint density at radius 2 is 2.03 bits per heavy atom. The van der Waals surface area contributed by atoms with Gasteiger partial charge in [-0.05, 0) is 62.9 Å². The minimum Gasteiger partial charge on any atom is -0.493 e. The van der Waals surface area contributed by atoms with Crippen LogP contribution in [0.25, 0.3) is 22.2 Å². The molecule has 1 amide bonds. The van der Waals surface area contributed by atoms with Gasteiger partial charge in [0.15, 0.2) is 0 Å². The van der Waals surface area contributed by atoms with Crippen molar-refractivity contribution in [1.82, 2.24) is 19.3 Å². The summed E-state index contributed by atoms with van der Waals surface area (Å²) in [6.07, 6.45) is 6.67. The van der Waals surface area contributed by atoms with Crippen LogP contribution in [-0.4, -0.2) is 38.1 Å². The van der Waals surface area contributed by atoms with E-state index in [2.05, 4.69) is 26.0 Å². The highest BCUT2D eigenvalue weighted by molar-refractivity contribution is 5.96. The maximum Gasteiger partial charge on any atom is 0.411 e. The normalized spacial score (nSPS) is 13.4. The predicted octanol–water partition coefficient (Wildman–Crippen LogP) is 5.92. The van der Waals surface area contributed by atoms with Gasteiger partial charge in [0, 0.05) is 36.1 Å². The molecule has 2 aromatic heterocycles. The Bertz CT molecular complexity index is 1410. The number of benzene rings is 2. The predicted molar refractivity (Wildman–Crippen MR) is 140 cm³/mol. The minimum absolute atomic E-state index is 0.196. The molecule has 4 aromatic rings. The van der Waals surface area contributed by atoms with Crippen LogP contribution in [0.15, 0.2) is 55.1 Å². The van der Waals surface area contributed by atoms with E-state index >= 15 is 0 Å². The third-order valence-electron chi connectivity index (χ3n) is 6.54. The monoisotopic (exact) mass is 498 g/mol. The highest BCUT2D eigenvalue weighted by Gasteiger charge is 2.28. The van der Waals surface area contributed by atoms with Crippen molar-refractivity contribution < 1.29 is 14.3 Å². The molecule has 5 rings (SSSR count). The molecule has 0 unspecified atom stereocenters. The molecule has 0 radical (unpaired) electrons. The number of aryl methyl sites for hydroxylation is 1. The Kier molecular flexibility index (Phi) is 7.08. The zero-order valence-corrected chi connectivity index (χ0v) is 21.1. The molecule has 0 saturated heterocycles. The van der Waals surface area contributed by atoms with Crippen molar-refractivity contribution in [1.29, 1.82) is 5.26 Å². The lowest BCUT2D eigenvalue weighted by Crippen LogP contribution is -2.18. The Morgan fingerprint density at radius 1 is 1.22 bits per heavy atom. The van der Waals surface area contributed by atoms with Crippen LogP contribution in [0.2, 0.25) is 0 Å². The number of hydrogen-bond acceptors (Lipinski definition) is 6. The lowest BCUT2D eigenvalue weighted by Gasteiger charge is -2.30. The molecule has 37 heavy (non-hydrogen) atoms. The molecule has 2 aromatic carbocycles. The van der Waals surface area contributed by atoms with E-state index < -0.39 is 6.09 Å². The molecule has 1 saturated carbocycles. The van der Waals surface area contributed by atoms with Crippen LogP contribution in [0.1, 0.15) is 51.1 Å². The number of rotatable bonds is 9. The van der Waals surface area contributed by atoms with Gasteiger partial charge in [0.2, 0.25) is 0 Å². The first-order chi connectivity index (χ1) is 18.0. The second-order valence-electron chi connectivity index (χ2n) is 9.49. The quantitative estimate of drug-likeness (QED) is 0.287. The van der Waals surface area contributed by atoms with Crippen LogP contribution in [0.5, 0.6) is 5.75 Å². The van der Waals surface area contributed by atoms with Crippen LogP contribution in [-0.2, 0) is 11.3 Å². The SMILES string of the molecule is CC(C)OC(=O)Nc1ccc(-c2c(C#N)c3ccc(OCCCn4cncn4)cc3n2C2CCC2)cc1. The lowest BCUT2D eigenvalue weighted by molar-refractivity contribution is 0.130. The largest absolute Gasteiger partial charge is 0.493 e. The molecule has 0 bridgehead atoms. The van der Waals surface area contributed by atoms with Gasteiger partial charge in [-0.15, -0.1) is 0 Å². The van der Waals surface area contributed by atoms with Gasteiger partial charge >= 0.3 is 6.09 Å². The number of hydrogen-bond donors (Lipinski definition) is 1. The first kappa shape index (κ1) is 24.4. The average molecular weight is 499 g/mol. The van der Waals surface area contributed by atoms with E-state index in [4.69, 9.17) is 9.47 Å². The van der Waals surface area contributed by atoms with Crippen LogP contribution < -0.4 is 10.1 Å². The summed E-state index contributed by atoms with van der Waals surface area (Å²) < 4.78 is 15.3. The van der Waals surface area contributed by atoms with Gasteiger partial charge < -0.3 is 14.0 Å². The second-order valence-corrected chi connectivity index (χ2v) is 9.49. The summed E-state index contributed by atoms with van der Waals surface area (Å²) in [7, 11) is 0. The number of nitrogens with zero attached hydrogens (tertiary/aromatic N) is 5. The maximum absolute atomic E-state index is 12.0. The van der Waals surface area contributed by atoms with Crippen molar-refractivity contribution >= 4 is 22.7 Å². The van der Waals surface area contributed by atoms with Gasteiger partial charge in [-0.25, -0.2) is 9.78 Å². The van der Waals surface area contributed by atoms with Gasteiger partial charge in [-0.1, -0.05) is 12.1 Å². The fraction of sp³-hybridized carbons (Fsp3) is 0.357. The van der Waals surface area contributed by atoms with E-state index in [9.17, 15) is 10.1 Å². The minimum atomic E-state index is -0.488. The number of nitriles is 1. The van der Waals surface area contributed by atoms with Crippen molar-refractivity contribution in [2.75, 3.05) is 11.9 Å². The number of fused-ring (bicyclic) bond motifs is 1. The summed E-state index contributed by atoms with van der Waals surface area (Å²) in [6, 6.07) is 16.3. The molecule has 9 nitrogen and oxygen atoms in total. The van der Waals surface area contributed by atoms with Crippen molar-refractivity contribution in [3.05, 3.63) is 60.7 Å². The zero-order chi connectivity index (χ0) is 25.8. The zero-order valence-electron chi connectivity index (χ0n) is 21.1. The molecule has 0 atom stereocenters. The lowest BCUT2D eigenvalue weighted by atomic mass is 9.92. The Morgan fingerprint density at radius 3 is 2.68 bits per heavy atom. The maximum atomic E-state index is 12.0. The van der Waals surface area contributed by atoms with Crippen molar-refractivity contribution in [3.63, 3.8) is 0 Å². The van der Waals surface area contributed by atoms with Gasteiger partial charge in [0.05, 0.1) is 29.5 Å². The highest BCUT2D eigenvalue weighted by atomic mass is 16.6. The molecule has 2 heterocycles. The van der Waals surface area contributed by atoms with E-state index in [-0.39, 0.29) is 6.10 Å². The number of anilines is 1. The summed E-state index contributed by atoms with van der Waals surface area (Å²) in [6.45, 7) is 4.91. The van der Waals surface area contributed by atoms with E-state index in [1.165, 1.54) is 12.7 Å². The summed E-state index contributed by atoms with van der Waals surface area (Å²) in [5.74, 6) is 0.781. The molecule has 1 N–H and O–H groups in total. The number of carbonyl (C=O) groups excluding carboxylic acids is 1. The Hall–Kier alpha value is -4.32. The van der Waals surface area contributed by atoms with Crippen LogP contribution >= 0.6 is 0 Å². The number of nitrogens with one attached hydrogen (secondary N) is 1. The summed E-state index contributed by atoms with van der Waals surface area (Å²) >= 11 is 0. The van der Waals surface area contributed by atoms with E-state index in [1.54, 1.807) is 24.9 Å². The first-order valence-electron chi connectivity index (χ1n) is 12.6. The molecule has 0 aliphatic heterocycles. The number of amides is 1. The number of aromatic nitrogens is 4. The third kappa shape index (κ3) is 5.28. The summed E-state index contributed by atoms with van der Waals surface area (Å²) in [4.78, 5) is 15.9. The average Bonchev–Trinajstić information content (AvgIpc) is 3.47. The van der Waals surface area contributed by atoms with E-state index in [1.807, 2.05) is 42.5 Å². The number of carbonyl (C=O) groups is 1. The topological polar surface area (TPSA) is 107 Å². The van der Waals surface area contributed by atoms with Crippen LogP contribution in [0, 0.1) is 11.3 Å². The van der Waals surface area contributed by atoms with E-state index in [0.717, 1.165) is 53.7 Å². The van der Waals surface area contributed by atoms with Gasteiger partial charge in [0.25, 0.3) is 0 Å². The van der Waals surface area contributed by atoms with Gasteiger partial charge in [0.1, 0.15) is 24.5 Å². The Labute approximate surface area is 215 Å². The molecule has 190 valence electrons. The van der Waals surface area contributed by atoms with Crippen LogP contribution in [0.3, 0.4) is 0 Å². The highest BCUT2D eigenvalue weighted by Crippen LogP contribution is 2.43. The van der Waals surface area contributed by atoms with Crippen molar-refractivity contribution in [3.8, 4) is 23.1 Å². The van der Waals surface area contributed by atoms with Crippen molar-refractivity contribution in [2.45, 2.75) is 58.2 Å². The smallest absolute Gasteiger partial charge is 0.411 e. The fourth-order valence-electron chi connectivity index (χ4n) is 4.64. The van der Waals surface area contributed by atoms with Crippen LogP contribution in [0.4, 0.5) is 10.5 Å². The first-order valence-corrected chi connectivity index (χ1v) is 12.6. The van der Waals surface area contributed by atoms with Gasteiger partial charge in [-0.3, -0.25) is 10.00 Å². The molecule has 1 aliphatic carbocycles. The van der Waals surface area contributed by atoms with E-state index in [0.29, 0.717) is 23.9 Å². The molecule has 1 aliphatic rings. The standard InChI is InChI=1S/C28H30N6O3/c1-19(2)37-28(35)32-21-9-7-20(8-10-21)27-25(16-29)24-12-11-23(15-26(24)34(27)22-5-3-6-22)36-14-4-13-33-18-30-17-31-33/h7-12,15,17-19,22H,3-6,13-14H2,1-2H3,(H,32,35). The molecular formula is C28H30N6O3. The summed E-state index contributed by atoms with van der Waals surface area (Å²) in [5.41, 5.74) is 4.13. The van der Waals surface area contributed by atoms with Crippen molar-refractivity contribution in [2.24, 2.45) is 0 Å². The summed E-state index contributed by atoms with van der Waals surface area (Å²) in [5, 5.41) is 18.0. The fourth-order valence-corrected chi connectivity index (χ4v) is 4.64. The van der Waals surface area contributed by atoms with Gasteiger partial charge in [-0.2, -0.15) is 10.4 Å². The molecule has 1 fully saturated rings.